The molecule has 0 aliphatic carbocycles. The van der Waals surface area contributed by atoms with E-state index in [4.69, 9.17) is 16.2 Å². The fraction of sp³-hybridized carbons (Fsp3) is 0.667. The molecule has 2 rings (SSSR count). The SMILES string of the molecule is CN1CCOCC(n2nnc(C(N)=O)c2N)C1. The van der Waals surface area contributed by atoms with Crippen molar-refractivity contribution >= 4 is 11.7 Å². The first-order chi connectivity index (χ1) is 8.09. The molecule has 0 bridgehead atoms. The normalized spacial score (nSPS) is 22.3. The summed E-state index contributed by atoms with van der Waals surface area (Å²) in [5, 5.41) is 7.56. The molecule has 8 nitrogen and oxygen atoms in total. The van der Waals surface area contributed by atoms with E-state index in [1.807, 2.05) is 7.05 Å². The van der Waals surface area contributed by atoms with Gasteiger partial charge in [-0.2, -0.15) is 0 Å². The van der Waals surface area contributed by atoms with Crippen molar-refractivity contribution in [2.24, 2.45) is 5.73 Å². The summed E-state index contributed by atoms with van der Waals surface area (Å²) in [5.41, 5.74) is 10.9. The number of anilines is 1. The second-order valence-corrected chi connectivity index (χ2v) is 4.12. The van der Waals surface area contributed by atoms with Crippen molar-refractivity contribution < 1.29 is 9.53 Å². The standard InChI is InChI=1S/C9H16N6O2/c1-14-2-3-17-5-6(4-14)15-8(10)7(9(11)16)12-13-15/h6H,2-5,10H2,1H3,(H2,11,16). The molecule has 1 aromatic rings. The first-order valence-electron chi connectivity index (χ1n) is 5.36. The predicted octanol–water partition coefficient (Wildman–Crippen LogP) is -1.54. The highest BCUT2D eigenvalue weighted by Crippen LogP contribution is 2.17. The average molecular weight is 240 g/mol. The van der Waals surface area contributed by atoms with Gasteiger partial charge < -0.3 is 21.1 Å². The minimum Gasteiger partial charge on any atom is -0.382 e. The summed E-state index contributed by atoms with van der Waals surface area (Å²) in [4.78, 5) is 13.1. The highest BCUT2D eigenvalue weighted by Gasteiger charge is 2.23. The van der Waals surface area contributed by atoms with Gasteiger partial charge in [0, 0.05) is 13.1 Å². The Labute approximate surface area is 98.5 Å². The van der Waals surface area contributed by atoms with Gasteiger partial charge in [0.15, 0.2) is 11.5 Å². The molecule has 1 atom stereocenters. The van der Waals surface area contributed by atoms with Crippen molar-refractivity contribution in [3.8, 4) is 0 Å². The Bertz CT molecular complexity index is 418. The third-order valence-corrected chi connectivity index (χ3v) is 2.76. The van der Waals surface area contributed by atoms with Crippen LogP contribution in [0.1, 0.15) is 16.5 Å². The number of likely N-dealkylation sites (N-methyl/N-ethyl adjacent to an activating group) is 1. The van der Waals surface area contributed by atoms with E-state index < -0.39 is 5.91 Å². The Balaban J connectivity index is 2.23. The molecule has 0 radical (unpaired) electrons. The summed E-state index contributed by atoms with van der Waals surface area (Å²) in [6, 6.07) is -0.0527. The maximum atomic E-state index is 11.0. The number of ether oxygens (including phenoxy) is 1. The Morgan fingerprint density at radius 1 is 1.59 bits per heavy atom. The molecule has 0 saturated carbocycles. The van der Waals surface area contributed by atoms with Crippen LogP contribution in [0.15, 0.2) is 0 Å². The molecule has 94 valence electrons. The Kier molecular flexibility index (Phi) is 3.25. The van der Waals surface area contributed by atoms with Crippen LogP contribution in [0, 0.1) is 0 Å². The van der Waals surface area contributed by atoms with Gasteiger partial charge in [0.05, 0.1) is 19.3 Å². The smallest absolute Gasteiger partial charge is 0.273 e. The van der Waals surface area contributed by atoms with E-state index in [2.05, 4.69) is 15.2 Å². The van der Waals surface area contributed by atoms with Crippen molar-refractivity contribution in [3.63, 3.8) is 0 Å². The number of primary amides is 1. The lowest BCUT2D eigenvalue weighted by Crippen LogP contribution is -2.29. The maximum Gasteiger partial charge on any atom is 0.273 e. The van der Waals surface area contributed by atoms with Crippen molar-refractivity contribution in [2.75, 3.05) is 39.1 Å². The first-order valence-corrected chi connectivity index (χ1v) is 5.36. The van der Waals surface area contributed by atoms with Crippen LogP contribution < -0.4 is 11.5 Å². The summed E-state index contributed by atoms with van der Waals surface area (Å²) < 4.78 is 6.96. The largest absolute Gasteiger partial charge is 0.382 e. The average Bonchev–Trinajstić information content (AvgIpc) is 2.51. The number of nitrogen functional groups attached to an aromatic ring is 1. The molecule has 17 heavy (non-hydrogen) atoms. The molecule has 1 unspecified atom stereocenters. The summed E-state index contributed by atoms with van der Waals surface area (Å²) in [6.07, 6.45) is 0. The quantitative estimate of drug-likeness (QED) is 0.648. The van der Waals surface area contributed by atoms with Crippen LogP contribution in [0.25, 0.3) is 0 Å². The van der Waals surface area contributed by atoms with E-state index in [9.17, 15) is 4.79 Å². The minimum atomic E-state index is -0.670. The zero-order valence-electron chi connectivity index (χ0n) is 9.67. The maximum absolute atomic E-state index is 11.0. The summed E-state index contributed by atoms with van der Waals surface area (Å²) >= 11 is 0. The van der Waals surface area contributed by atoms with Gasteiger partial charge in [-0.1, -0.05) is 5.21 Å². The van der Waals surface area contributed by atoms with Crippen LogP contribution in [-0.2, 0) is 4.74 Å². The monoisotopic (exact) mass is 240 g/mol. The molecule has 2 heterocycles. The Hall–Kier alpha value is -1.67. The lowest BCUT2D eigenvalue weighted by Gasteiger charge is -2.19. The predicted molar refractivity (Wildman–Crippen MR) is 60.3 cm³/mol. The minimum absolute atomic E-state index is 0.0110. The molecular weight excluding hydrogens is 224 g/mol. The lowest BCUT2D eigenvalue weighted by molar-refractivity contribution is 0.0996. The number of nitrogens with zero attached hydrogens (tertiary/aromatic N) is 4. The number of nitrogens with two attached hydrogens (primary N) is 2. The molecule has 0 spiro atoms. The molecule has 0 aromatic carbocycles. The topological polar surface area (TPSA) is 112 Å². The highest BCUT2D eigenvalue weighted by molar-refractivity contribution is 5.94. The number of hydrogen-bond donors (Lipinski definition) is 2. The number of carbonyl (C=O) groups excluding carboxylic acids is 1. The van der Waals surface area contributed by atoms with E-state index in [1.165, 1.54) is 4.68 Å². The van der Waals surface area contributed by atoms with Crippen LogP contribution in [0.5, 0.6) is 0 Å². The van der Waals surface area contributed by atoms with Crippen molar-refractivity contribution in [1.29, 1.82) is 0 Å². The molecule has 1 fully saturated rings. The molecule has 1 saturated heterocycles. The zero-order chi connectivity index (χ0) is 12.4. The Morgan fingerprint density at radius 3 is 3.00 bits per heavy atom. The molecule has 1 aliphatic heterocycles. The summed E-state index contributed by atoms with van der Waals surface area (Å²) in [5.74, 6) is -0.474. The van der Waals surface area contributed by atoms with Gasteiger partial charge in [0.25, 0.3) is 5.91 Å². The van der Waals surface area contributed by atoms with Gasteiger partial charge in [-0.25, -0.2) is 4.68 Å². The molecule has 1 aliphatic rings. The van der Waals surface area contributed by atoms with Crippen LogP contribution >= 0.6 is 0 Å². The van der Waals surface area contributed by atoms with Gasteiger partial charge in [-0.15, -0.1) is 5.10 Å². The molecule has 1 amide bonds. The third kappa shape index (κ3) is 2.37. The number of carbonyl (C=O) groups is 1. The zero-order valence-corrected chi connectivity index (χ0v) is 9.67. The Morgan fingerprint density at radius 2 is 2.35 bits per heavy atom. The van der Waals surface area contributed by atoms with Gasteiger partial charge in [-0.3, -0.25) is 4.79 Å². The number of amides is 1. The fourth-order valence-electron chi connectivity index (χ4n) is 1.84. The van der Waals surface area contributed by atoms with E-state index in [0.29, 0.717) is 13.2 Å². The summed E-state index contributed by atoms with van der Waals surface area (Å²) in [6.45, 7) is 2.76. The van der Waals surface area contributed by atoms with Crippen LogP contribution in [0.2, 0.25) is 0 Å². The highest BCUT2D eigenvalue weighted by atomic mass is 16.5. The fourth-order valence-corrected chi connectivity index (χ4v) is 1.84. The molecular formula is C9H16N6O2. The van der Waals surface area contributed by atoms with E-state index in [1.54, 1.807) is 0 Å². The first kappa shape index (κ1) is 11.8. The number of aromatic nitrogens is 3. The molecule has 4 N–H and O–H groups in total. The summed E-state index contributed by atoms with van der Waals surface area (Å²) in [7, 11) is 1.99. The third-order valence-electron chi connectivity index (χ3n) is 2.76. The van der Waals surface area contributed by atoms with Crippen molar-refractivity contribution in [2.45, 2.75) is 6.04 Å². The number of hydrogen-bond acceptors (Lipinski definition) is 6. The molecule has 1 aromatic heterocycles. The van der Waals surface area contributed by atoms with E-state index in [0.717, 1.165) is 13.1 Å². The van der Waals surface area contributed by atoms with Gasteiger partial charge in [0.2, 0.25) is 0 Å². The number of rotatable bonds is 2. The second kappa shape index (κ2) is 4.68. The van der Waals surface area contributed by atoms with Crippen LogP contribution in [-0.4, -0.2) is 59.2 Å². The van der Waals surface area contributed by atoms with Crippen molar-refractivity contribution in [1.82, 2.24) is 19.9 Å². The second-order valence-electron chi connectivity index (χ2n) is 4.12. The molecule has 8 heteroatoms. The van der Waals surface area contributed by atoms with Gasteiger partial charge in [-0.05, 0) is 7.05 Å². The lowest BCUT2D eigenvalue weighted by atomic mass is 10.3. The van der Waals surface area contributed by atoms with Crippen molar-refractivity contribution in [3.05, 3.63) is 5.69 Å². The van der Waals surface area contributed by atoms with Crippen LogP contribution in [0.3, 0.4) is 0 Å². The van der Waals surface area contributed by atoms with Gasteiger partial charge in [0.1, 0.15) is 0 Å². The van der Waals surface area contributed by atoms with E-state index in [-0.39, 0.29) is 17.6 Å². The van der Waals surface area contributed by atoms with Gasteiger partial charge >= 0.3 is 0 Å². The van der Waals surface area contributed by atoms with E-state index >= 15 is 0 Å². The van der Waals surface area contributed by atoms with Crippen LogP contribution in [0.4, 0.5) is 5.82 Å².